The third-order valence-electron chi connectivity index (χ3n) is 7.98. The molecule has 2 aromatic rings. The summed E-state index contributed by atoms with van der Waals surface area (Å²) < 4.78 is 0.759. The summed E-state index contributed by atoms with van der Waals surface area (Å²) in [6, 6.07) is 5.78. The molecular weight excluding hydrogens is 482 g/mol. The van der Waals surface area contributed by atoms with E-state index in [1.165, 1.54) is 18.2 Å². The van der Waals surface area contributed by atoms with Gasteiger partial charge in [-0.3, -0.25) is 14.4 Å². The van der Waals surface area contributed by atoms with Crippen LogP contribution in [0.25, 0.3) is 0 Å². The molecule has 0 radical (unpaired) electrons. The molecule has 1 aromatic heterocycles. The van der Waals surface area contributed by atoms with Crippen molar-refractivity contribution < 1.29 is 20.2 Å². The lowest BCUT2D eigenvalue weighted by Crippen LogP contribution is -2.27. The summed E-state index contributed by atoms with van der Waals surface area (Å²) in [4.78, 5) is 37.2. The van der Waals surface area contributed by atoms with E-state index in [9.17, 15) is 29.8 Å². The fraction of sp³-hybridized carbons (Fsp3) is 0.581. The highest BCUT2D eigenvalue weighted by molar-refractivity contribution is 5.98. The van der Waals surface area contributed by atoms with E-state index in [4.69, 9.17) is 0 Å². The van der Waals surface area contributed by atoms with Crippen molar-refractivity contribution in [1.82, 2.24) is 4.73 Å². The highest BCUT2D eigenvalue weighted by atomic mass is 16.5. The van der Waals surface area contributed by atoms with Crippen molar-refractivity contribution in [2.45, 2.75) is 92.4 Å². The number of Topliss-reactive ketones (excluding diaryl/α,β-unsaturated/α-hetero) is 1. The van der Waals surface area contributed by atoms with Crippen LogP contribution >= 0.6 is 0 Å². The van der Waals surface area contributed by atoms with Crippen LogP contribution in [0.2, 0.25) is 0 Å². The maximum Gasteiger partial charge on any atom is 0.283 e. The number of nitrogens with zero attached hydrogens (tertiary/aromatic N) is 1. The molecule has 1 saturated carbocycles. The van der Waals surface area contributed by atoms with Crippen LogP contribution in [0.4, 0.5) is 0 Å². The van der Waals surface area contributed by atoms with Gasteiger partial charge in [-0.2, -0.15) is 4.73 Å². The predicted molar refractivity (Wildman–Crippen MR) is 148 cm³/mol. The Hall–Kier alpha value is -3.09. The number of aryl methyl sites for hydroxylation is 2. The number of pyridine rings is 1. The molecule has 7 heteroatoms. The van der Waals surface area contributed by atoms with Gasteiger partial charge < -0.3 is 15.4 Å². The monoisotopic (exact) mass is 525 g/mol. The molecule has 7 nitrogen and oxygen atoms in total. The average Bonchev–Trinajstić information content (AvgIpc) is 2.93. The van der Waals surface area contributed by atoms with Crippen molar-refractivity contribution in [3.63, 3.8) is 0 Å². The first-order valence-corrected chi connectivity index (χ1v) is 13.8. The lowest BCUT2D eigenvalue weighted by molar-refractivity contribution is 0.0923. The maximum atomic E-state index is 13.3. The number of hydrogen-bond acceptors (Lipinski definition) is 6. The second-order valence-electron chi connectivity index (χ2n) is 12.3. The maximum absolute atomic E-state index is 13.3. The minimum Gasteiger partial charge on any atom is -0.504 e. The summed E-state index contributed by atoms with van der Waals surface area (Å²) in [5.74, 6) is -0.354. The number of carbonyl (C=O) groups excluding carboxylic acids is 1. The molecule has 1 heterocycles. The molecule has 3 N–H and O–H groups in total. The van der Waals surface area contributed by atoms with Gasteiger partial charge in [0.05, 0.1) is 5.69 Å². The fourth-order valence-corrected chi connectivity index (χ4v) is 6.57. The van der Waals surface area contributed by atoms with Gasteiger partial charge in [-0.15, -0.1) is 0 Å². The minimum atomic E-state index is -0.724. The molecule has 208 valence electrons. The van der Waals surface area contributed by atoms with E-state index in [1.807, 2.05) is 19.9 Å². The Morgan fingerprint density at radius 1 is 1.11 bits per heavy atom. The van der Waals surface area contributed by atoms with Crippen LogP contribution in [0.5, 0.6) is 11.5 Å². The van der Waals surface area contributed by atoms with Crippen molar-refractivity contribution in [3.8, 4) is 11.5 Å². The zero-order valence-corrected chi connectivity index (χ0v) is 23.4. The lowest BCUT2D eigenvalue weighted by Gasteiger charge is -2.36. The normalized spacial score (nSPS) is 18.8. The molecule has 3 atom stereocenters. The van der Waals surface area contributed by atoms with Crippen LogP contribution < -0.4 is 11.0 Å². The van der Waals surface area contributed by atoms with E-state index in [1.54, 1.807) is 0 Å². The summed E-state index contributed by atoms with van der Waals surface area (Å²) in [6.07, 6.45) is 7.57. The molecule has 38 heavy (non-hydrogen) atoms. The first kappa shape index (κ1) is 29.5. The third kappa shape index (κ3) is 7.49. The van der Waals surface area contributed by atoms with Crippen molar-refractivity contribution in [3.05, 3.63) is 67.2 Å². The van der Waals surface area contributed by atoms with Crippen LogP contribution in [0.1, 0.15) is 99.8 Å². The molecule has 1 aliphatic carbocycles. The highest BCUT2D eigenvalue weighted by Gasteiger charge is 2.31. The number of carbonyl (C=O) groups is 1. The average molecular weight is 526 g/mol. The van der Waals surface area contributed by atoms with Gasteiger partial charge in [0.1, 0.15) is 0 Å². The van der Waals surface area contributed by atoms with Crippen LogP contribution in [0.15, 0.2) is 33.9 Å². The van der Waals surface area contributed by atoms with Crippen LogP contribution in [0.3, 0.4) is 0 Å². The number of rotatable bonds is 10. The summed E-state index contributed by atoms with van der Waals surface area (Å²) in [5.41, 5.74) is 1.33. The van der Waals surface area contributed by atoms with Crippen molar-refractivity contribution >= 4 is 5.78 Å². The number of hydrogen-bond donors (Lipinski definition) is 3. The quantitative estimate of drug-likeness (QED) is 0.267. The van der Waals surface area contributed by atoms with Gasteiger partial charge in [0.2, 0.25) is 11.2 Å². The van der Waals surface area contributed by atoms with Gasteiger partial charge in [0.25, 0.3) is 5.56 Å². The third-order valence-corrected chi connectivity index (χ3v) is 7.98. The molecule has 1 aromatic carbocycles. The number of aromatic hydroxyl groups is 2. The summed E-state index contributed by atoms with van der Waals surface area (Å²) in [6.45, 7) is 10.4. The second kappa shape index (κ2) is 12.2. The molecule has 3 unspecified atom stereocenters. The van der Waals surface area contributed by atoms with E-state index >= 15 is 0 Å². The molecular formula is C31H43NO6. The van der Waals surface area contributed by atoms with Gasteiger partial charge in [-0.25, -0.2) is 0 Å². The Balaban J connectivity index is 1.63. The first-order valence-electron chi connectivity index (χ1n) is 13.8. The Labute approximate surface area is 225 Å². The Kier molecular flexibility index (Phi) is 9.45. The molecule has 0 saturated heterocycles. The largest absolute Gasteiger partial charge is 0.504 e. The van der Waals surface area contributed by atoms with E-state index in [0.29, 0.717) is 42.0 Å². The summed E-state index contributed by atoms with van der Waals surface area (Å²) >= 11 is 0. The van der Waals surface area contributed by atoms with Crippen LogP contribution in [-0.2, 0) is 12.8 Å². The number of aromatic nitrogens is 1. The zero-order valence-electron chi connectivity index (χ0n) is 23.4. The summed E-state index contributed by atoms with van der Waals surface area (Å²) in [5, 5.41) is 30.0. The van der Waals surface area contributed by atoms with Gasteiger partial charge in [-0.05, 0) is 97.9 Å². The Morgan fingerprint density at radius 3 is 2.47 bits per heavy atom. The molecule has 1 fully saturated rings. The molecule has 0 amide bonds. The van der Waals surface area contributed by atoms with E-state index in [2.05, 4.69) is 20.8 Å². The van der Waals surface area contributed by atoms with Gasteiger partial charge in [-0.1, -0.05) is 40.5 Å². The first-order chi connectivity index (χ1) is 17.8. The van der Waals surface area contributed by atoms with E-state index in [0.717, 1.165) is 48.8 Å². The molecule has 0 spiro atoms. The molecule has 1 aliphatic rings. The van der Waals surface area contributed by atoms with E-state index < -0.39 is 22.5 Å². The topological polar surface area (TPSA) is 117 Å². The highest BCUT2D eigenvalue weighted by Crippen LogP contribution is 2.41. The standard InChI is InChI=1S/C31H43NO6/c1-6-23-15-27(34)30(37)28(35)16-25(23)26(33)14-21-8-7-9-22(13-21)18-31(4,5)17-20(3)11-24-10-19(2)12-29(36)32(24)38/h10,12,15-16,20-22,38H,6-9,11,13-14,17-18H2,1-5H3,(H2,34,35,37). The SMILES string of the molecule is CCc1cc(=O)c(O)c(O)cc1C(=O)CC1CCCC(CC(C)(C)CC(C)Cc2cc(C)cc(=O)n2O)C1. The minimum absolute atomic E-state index is 0.0663. The van der Waals surface area contributed by atoms with Crippen LogP contribution in [-0.4, -0.2) is 25.9 Å². The molecule has 3 rings (SSSR count). The van der Waals surface area contributed by atoms with Crippen molar-refractivity contribution in [2.75, 3.05) is 0 Å². The smallest absolute Gasteiger partial charge is 0.283 e. The van der Waals surface area contributed by atoms with Crippen molar-refractivity contribution in [1.29, 1.82) is 0 Å². The summed E-state index contributed by atoms with van der Waals surface area (Å²) in [7, 11) is 0. The molecule has 0 aliphatic heterocycles. The van der Waals surface area contributed by atoms with Gasteiger partial charge in [0, 0.05) is 18.1 Å². The fourth-order valence-electron chi connectivity index (χ4n) is 6.57. The van der Waals surface area contributed by atoms with Gasteiger partial charge >= 0.3 is 0 Å². The molecule has 0 bridgehead atoms. The predicted octanol–water partition coefficient (Wildman–Crippen LogP) is 5.79. The van der Waals surface area contributed by atoms with Gasteiger partial charge in [0.15, 0.2) is 11.5 Å². The number of ketones is 1. The van der Waals surface area contributed by atoms with E-state index in [-0.39, 0.29) is 23.0 Å². The van der Waals surface area contributed by atoms with Crippen molar-refractivity contribution in [2.24, 2.45) is 23.2 Å². The Morgan fingerprint density at radius 2 is 1.79 bits per heavy atom. The zero-order chi connectivity index (χ0) is 28.2. The lowest BCUT2D eigenvalue weighted by atomic mass is 9.69. The van der Waals surface area contributed by atoms with Crippen LogP contribution in [0, 0.1) is 30.1 Å². The second-order valence-corrected chi connectivity index (χ2v) is 12.3. The Bertz CT molecular complexity index is 1280.